The van der Waals surface area contributed by atoms with Gasteiger partial charge in [0.1, 0.15) is 0 Å². The van der Waals surface area contributed by atoms with Crippen molar-refractivity contribution in [2.45, 2.75) is 38.5 Å². The number of hydrogen-bond acceptors (Lipinski definition) is 0. The first-order valence-corrected chi connectivity index (χ1v) is 9.29. The Bertz CT molecular complexity index is 748. The number of allylic oxidation sites excluding steroid dienone is 4. The van der Waals surface area contributed by atoms with Crippen molar-refractivity contribution >= 4 is 22.6 Å². The highest BCUT2D eigenvalue weighted by Gasteiger charge is 2.25. The first-order chi connectivity index (χ1) is 11.0. The van der Waals surface area contributed by atoms with Crippen molar-refractivity contribution in [2.75, 3.05) is 0 Å². The number of hydrogen-bond donors (Lipinski definition) is 0. The van der Waals surface area contributed by atoms with Crippen LogP contribution in [0.3, 0.4) is 0 Å². The molecule has 0 aliphatic heterocycles. The summed E-state index contributed by atoms with van der Waals surface area (Å²) in [5.41, 5.74) is 5.67. The van der Waals surface area contributed by atoms with E-state index in [1.165, 1.54) is 25.8 Å². The summed E-state index contributed by atoms with van der Waals surface area (Å²) >= 11 is 2.36. The van der Waals surface area contributed by atoms with E-state index in [0.29, 0.717) is 5.92 Å². The van der Waals surface area contributed by atoms with Crippen LogP contribution >= 0.6 is 22.6 Å². The smallest absolute Gasteiger partial charge is 0.0130 e. The molecular weight excluding hydrogens is 391 g/mol. The minimum atomic E-state index is 0.144. The molecule has 118 valence electrons. The van der Waals surface area contributed by atoms with Gasteiger partial charge in [-0.3, -0.25) is 0 Å². The summed E-state index contributed by atoms with van der Waals surface area (Å²) in [7, 11) is 0. The molecule has 0 N–H and O–H groups in total. The average molecular weight is 414 g/mol. The Balaban J connectivity index is 2.13. The fourth-order valence-corrected chi connectivity index (χ4v) is 3.61. The van der Waals surface area contributed by atoms with Crippen molar-refractivity contribution < 1.29 is 0 Å². The zero-order chi connectivity index (χ0) is 16.4. The maximum Gasteiger partial charge on any atom is 0.0130 e. The summed E-state index contributed by atoms with van der Waals surface area (Å²) < 4.78 is 1.28. The lowest BCUT2D eigenvalue weighted by Gasteiger charge is -2.29. The summed E-state index contributed by atoms with van der Waals surface area (Å²) in [5, 5.41) is 0. The molecule has 0 spiro atoms. The molecule has 0 saturated carbocycles. The van der Waals surface area contributed by atoms with Gasteiger partial charge in [0, 0.05) is 3.57 Å². The van der Waals surface area contributed by atoms with E-state index in [2.05, 4.69) is 110 Å². The Kier molecular flexibility index (Phi) is 4.77. The molecule has 0 bridgehead atoms. The first kappa shape index (κ1) is 16.5. The molecule has 2 aromatic rings. The molecule has 0 saturated heterocycles. The van der Waals surface area contributed by atoms with Gasteiger partial charge < -0.3 is 0 Å². The predicted octanol–water partition coefficient (Wildman–Crippen LogP) is 6.86. The van der Waals surface area contributed by atoms with Crippen molar-refractivity contribution in [1.29, 1.82) is 0 Å². The second-order valence-electron chi connectivity index (χ2n) is 7.00. The number of benzene rings is 2. The van der Waals surface area contributed by atoms with E-state index in [0.717, 1.165) is 6.42 Å². The normalized spacial score (nSPS) is 22.3. The van der Waals surface area contributed by atoms with Crippen LogP contribution in [0.1, 0.15) is 44.2 Å². The number of halogens is 1. The van der Waals surface area contributed by atoms with Gasteiger partial charge in [-0.1, -0.05) is 75.4 Å². The minimum Gasteiger partial charge on any atom is -0.0837 e. The van der Waals surface area contributed by atoms with Gasteiger partial charge in [-0.2, -0.15) is 0 Å². The number of rotatable bonds is 1. The van der Waals surface area contributed by atoms with Crippen LogP contribution in [0.15, 0.2) is 66.8 Å². The van der Waals surface area contributed by atoms with Crippen molar-refractivity contribution in [3.63, 3.8) is 0 Å². The van der Waals surface area contributed by atoms with Crippen LogP contribution in [0.25, 0.3) is 11.1 Å². The Morgan fingerprint density at radius 1 is 0.957 bits per heavy atom. The molecule has 0 radical (unpaired) electrons. The van der Waals surface area contributed by atoms with E-state index in [4.69, 9.17) is 0 Å². The third kappa shape index (κ3) is 3.60. The fraction of sp³-hybridized carbons (Fsp3) is 0.273. The van der Waals surface area contributed by atoms with Crippen LogP contribution in [0.2, 0.25) is 0 Å². The van der Waals surface area contributed by atoms with Crippen molar-refractivity contribution in [1.82, 2.24) is 0 Å². The van der Waals surface area contributed by atoms with E-state index in [1.807, 2.05) is 0 Å². The second-order valence-corrected chi connectivity index (χ2v) is 8.24. The van der Waals surface area contributed by atoms with Crippen LogP contribution in [0.4, 0.5) is 0 Å². The maximum atomic E-state index is 2.40. The molecule has 0 nitrogen and oxygen atoms in total. The lowest BCUT2D eigenvalue weighted by Crippen LogP contribution is -2.19. The highest BCUT2D eigenvalue weighted by Crippen LogP contribution is 2.37. The quantitative estimate of drug-likeness (QED) is 0.448. The molecular formula is C22H23I. The highest BCUT2D eigenvalue weighted by atomic mass is 127. The van der Waals surface area contributed by atoms with E-state index in [1.54, 1.807) is 0 Å². The van der Waals surface area contributed by atoms with Crippen molar-refractivity contribution in [2.24, 2.45) is 0 Å². The fourth-order valence-electron chi connectivity index (χ4n) is 3.25. The van der Waals surface area contributed by atoms with Crippen LogP contribution in [0.5, 0.6) is 0 Å². The first-order valence-electron chi connectivity index (χ1n) is 8.21. The Labute approximate surface area is 153 Å². The molecule has 2 aromatic carbocycles. The zero-order valence-corrected chi connectivity index (χ0v) is 16.2. The summed E-state index contributed by atoms with van der Waals surface area (Å²) in [5.74, 6) is 0.442. The summed E-state index contributed by atoms with van der Waals surface area (Å²) in [6.45, 7) is 6.99. The average Bonchev–Trinajstić information content (AvgIpc) is 2.58. The van der Waals surface area contributed by atoms with Crippen LogP contribution in [0, 0.1) is 3.57 Å². The Morgan fingerprint density at radius 2 is 1.65 bits per heavy atom. The van der Waals surface area contributed by atoms with Gasteiger partial charge in [-0.25, -0.2) is 0 Å². The molecule has 3 rings (SSSR count). The summed E-state index contributed by atoms with van der Waals surface area (Å²) in [4.78, 5) is 0. The van der Waals surface area contributed by atoms with Crippen LogP contribution in [-0.2, 0) is 5.41 Å². The second kappa shape index (κ2) is 6.64. The van der Waals surface area contributed by atoms with Gasteiger partial charge >= 0.3 is 0 Å². The molecule has 1 heteroatoms. The largest absolute Gasteiger partial charge is 0.0837 e. The molecule has 0 amide bonds. The van der Waals surface area contributed by atoms with Crippen LogP contribution < -0.4 is 0 Å². The summed E-state index contributed by atoms with van der Waals surface area (Å²) in [6.07, 6.45) is 10.0. The molecule has 1 aliphatic carbocycles. The SMILES string of the molecule is CC1/C=C\C=C/CC(C)(C)c2cc(-c3ccc(I)cc3)ccc21. The molecule has 0 aromatic heterocycles. The molecule has 1 aliphatic rings. The van der Waals surface area contributed by atoms with Gasteiger partial charge in [-0.05, 0) is 74.7 Å². The van der Waals surface area contributed by atoms with E-state index < -0.39 is 0 Å². The molecule has 0 heterocycles. The lowest BCUT2D eigenvalue weighted by molar-refractivity contribution is 0.527. The molecule has 1 atom stereocenters. The standard InChI is InChI=1S/C22H23I/c1-16-7-5-4-6-14-22(2,3)21-15-18(10-13-20(16)21)17-8-11-19(23)12-9-17/h4-13,15-16H,14H2,1-3H3/b6-4-,7-5-. The number of fused-ring (bicyclic) bond motifs is 1. The van der Waals surface area contributed by atoms with Gasteiger partial charge in [0.05, 0.1) is 0 Å². The summed E-state index contributed by atoms with van der Waals surface area (Å²) in [6, 6.07) is 15.8. The maximum absolute atomic E-state index is 2.40. The van der Waals surface area contributed by atoms with E-state index in [9.17, 15) is 0 Å². The van der Waals surface area contributed by atoms with Crippen LogP contribution in [-0.4, -0.2) is 0 Å². The van der Waals surface area contributed by atoms with Crippen molar-refractivity contribution in [3.8, 4) is 11.1 Å². The third-order valence-electron chi connectivity index (χ3n) is 4.73. The minimum absolute atomic E-state index is 0.144. The lowest BCUT2D eigenvalue weighted by atomic mass is 9.76. The van der Waals surface area contributed by atoms with Gasteiger partial charge in [-0.15, -0.1) is 0 Å². The Hall–Kier alpha value is -1.35. The van der Waals surface area contributed by atoms with Gasteiger partial charge in [0.2, 0.25) is 0 Å². The topological polar surface area (TPSA) is 0 Å². The van der Waals surface area contributed by atoms with E-state index in [-0.39, 0.29) is 5.41 Å². The predicted molar refractivity (Wildman–Crippen MR) is 109 cm³/mol. The monoisotopic (exact) mass is 414 g/mol. The third-order valence-corrected chi connectivity index (χ3v) is 5.44. The van der Waals surface area contributed by atoms with Gasteiger partial charge in [0.15, 0.2) is 0 Å². The zero-order valence-electron chi connectivity index (χ0n) is 14.0. The highest BCUT2D eigenvalue weighted by molar-refractivity contribution is 14.1. The van der Waals surface area contributed by atoms with Gasteiger partial charge in [0.25, 0.3) is 0 Å². The van der Waals surface area contributed by atoms with Crippen molar-refractivity contribution in [3.05, 3.63) is 81.5 Å². The molecule has 1 unspecified atom stereocenters. The molecule has 0 fully saturated rings. The van der Waals surface area contributed by atoms with E-state index >= 15 is 0 Å². The molecule has 23 heavy (non-hydrogen) atoms. The Morgan fingerprint density at radius 3 is 2.39 bits per heavy atom.